The van der Waals surface area contributed by atoms with Crippen LogP contribution in [0.3, 0.4) is 0 Å². The van der Waals surface area contributed by atoms with Crippen molar-refractivity contribution in [3.8, 4) is 0 Å². The molecule has 1 aliphatic heterocycles. The lowest BCUT2D eigenvalue weighted by Crippen LogP contribution is -2.35. The number of rotatable bonds is 5. The number of nitro benzene ring substituents is 1. The third-order valence-electron chi connectivity index (χ3n) is 4.48. The minimum atomic E-state index is -4.12. The molecule has 0 aliphatic carbocycles. The third-order valence-corrected chi connectivity index (χ3v) is 5.91. The van der Waals surface area contributed by atoms with Crippen LogP contribution >= 0.6 is 0 Å². The topological polar surface area (TPSA) is 110 Å². The Bertz CT molecular complexity index is 1000. The SMILES string of the molecule is CCC(=O)N1CCc2ccc(NS(=O)(=O)c3ccccc3[N+](=O)[O-])cc2C1. The van der Waals surface area contributed by atoms with Crippen molar-refractivity contribution >= 4 is 27.3 Å². The van der Waals surface area contributed by atoms with E-state index < -0.39 is 25.5 Å². The molecule has 0 saturated carbocycles. The Kier molecular flexibility index (Phi) is 5.13. The van der Waals surface area contributed by atoms with E-state index in [1.165, 1.54) is 18.2 Å². The second-order valence-electron chi connectivity index (χ2n) is 6.23. The number of carbonyl (C=O) groups is 1. The number of carbonyl (C=O) groups excluding carboxylic acids is 1. The number of fused-ring (bicyclic) bond motifs is 1. The Labute approximate surface area is 157 Å². The van der Waals surface area contributed by atoms with E-state index >= 15 is 0 Å². The first-order valence-corrected chi connectivity index (χ1v) is 9.96. The van der Waals surface area contributed by atoms with Crippen molar-refractivity contribution in [3.63, 3.8) is 0 Å². The van der Waals surface area contributed by atoms with E-state index in [9.17, 15) is 23.3 Å². The molecule has 0 spiro atoms. The van der Waals surface area contributed by atoms with Gasteiger partial charge in [0, 0.05) is 31.3 Å². The van der Waals surface area contributed by atoms with Crippen molar-refractivity contribution in [2.75, 3.05) is 11.3 Å². The largest absolute Gasteiger partial charge is 0.338 e. The second-order valence-corrected chi connectivity index (χ2v) is 7.88. The summed E-state index contributed by atoms with van der Waals surface area (Å²) in [4.78, 5) is 23.7. The highest BCUT2D eigenvalue weighted by molar-refractivity contribution is 7.92. The van der Waals surface area contributed by atoms with E-state index in [2.05, 4.69) is 4.72 Å². The standard InChI is InChI=1S/C18H19N3O5S/c1-2-18(22)20-10-9-13-7-8-15(11-14(13)12-20)19-27(25,26)17-6-4-3-5-16(17)21(23)24/h3-8,11,19H,2,9-10,12H2,1H3. The maximum Gasteiger partial charge on any atom is 0.289 e. The van der Waals surface area contributed by atoms with Crippen LogP contribution in [0.2, 0.25) is 0 Å². The van der Waals surface area contributed by atoms with Gasteiger partial charge < -0.3 is 4.90 Å². The zero-order chi connectivity index (χ0) is 19.6. The normalized spacial score (nSPS) is 13.7. The van der Waals surface area contributed by atoms with Crippen LogP contribution in [0.4, 0.5) is 11.4 Å². The monoisotopic (exact) mass is 389 g/mol. The zero-order valence-electron chi connectivity index (χ0n) is 14.7. The van der Waals surface area contributed by atoms with Crippen LogP contribution in [-0.4, -0.2) is 30.7 Å². The summed E-state index contributed by atoms with van der Waals surface area (Å²) in [5.41, 5.74) is 1.75. The van der Waals surface area contributed by atoms with Gasteiger partial charge in [0.15, 0.2) is 4.90 Å². The van der Waals surface area contributed by atoms with Gasteiger partial charge in [0.05, 0.1) is 4.92 Å². The maximum absolute atomic E-state index is 12.6. The molecule has 3 rings (SSSR count). The fraction of sp³-hybridized carbons (Fsp3) is 0.278. The smallest absolute Gasteiger partial charge is 0.289 e. The number of para-hydroxylation sites is 1. The highest BCUT2D eigenvalue weighted by Crippen LogP contribution is 2.28. The molecule has 1 amide bonds. The molecule has 27 heavy (non-hydrogen) atoms. The summed E-state index contributed by atoms with van der Waals surface area (Å²) in [5.74, 6) is 0.0477. The van der Waals surface area contributed by atoms with Crippen molar-refractivity contribution in [2.24, 2.45) is 0 Å². The summed E-state index contributed by atoms with van der Waals surface area (Å²) in [7, 11) is -4.12. The number of hydrogen-bond donors (Lipinski definition) is 1. The van der Waals surface area contributed by atoms with Crippen LogP contribution in [0.15, 0.2) is 47.4 Å². The van der Waals surface area contributed by atoms with E-state index in [-0.39, 0.29) is 5.91 Å². The molecule has 9 heteroatoms. The molecule has 142 valence electrons. The van der Waals surface area contributed by atoms with Gasteiger partial charge in [-0.05, 0) is 35.7 Å². The van der Waals surface area contributed by atoms with Gasteiger partial charge in [-0.15, -0.1) is 0 Å². The minimum Gasteiger partial charge on any atom is -0.338 e. The average Bonchev–Trinajstić information content (AvgIpc) is 2.66. The van der Waals surface area contributed by atoms with Gasteiger partial charge in [-0.25, -0.2) is 8.42 Å². The zero-order valence-corrected chi connectivity index (χ0v) is 15.5. The fourth-order valence-electron chi connectivity index (χ4n) is 3.10. The molecule has 0 unspecified atom stereocenters. The van der Waals surface area contributed by atoms with Crippen molar-refractivity contribution in [1.29, 1.82) is 0 Å². The Morgan fingerprint density at radius 2 is 1.96 bits per heavy atom. The van der Waals surface area contributed by atoms with Gasteiger partial charge in [0.1, 0.15) is 0 Å². The van der Waals surface area contributed by atoms with Gasteiger partial charge in [-0.3, -0.25) is 19.6 Å². The van der Waals surface area contributed by atoms with Crippen LogP contribution in [0.5, 0.6) is 0 Å². The molecule has 0 fully saturated rings. The first-order valence-electron chi connectivity index (χ1n) is 8.47. The Morgan fingerprint density at radius 1 is 1.22 bits per heavy atom. The molecule has 0 radical (unpaired) electrons. The summed E-state index contributed by atoms with van der Waals surface area (Å²) < 4.78 is 27.7. The van der Waals surface area contributed by atoms with Crippen molar-refractivity contribution in [1.82, 2.24) is 4.90 Å². The van der Waals surface area contributed by atoms with E-state index in [0.29, 0.717) is 31.6 Å². The molecule has 0 atom stereocenters. The number of nitro groups is 1. The quantitative estimate of drug-likeness (QED) is 0.624. The van der Waals surface area contributed by atoms with E-state index in [1.807, 2.05) is 6.07 Å². The van der Waals surface area contributed by atoms with Crippen molar-refractivity contribution in [3.05, 3.63) is 63.7 Å². The van der Waals surface area contributed by atoms with Crippen LogP contribution < -0.4 is 4.72 Å². The van der Waals surface area contributed by atoms with Crippen LogP contribution in [-0.2, 0) is 27.8 Å². The summed E-state index contributed by atoms with van der Waals surface area (Å²) in [6.07, 6.45) is 1.12. The summed E-state index contributed by atoms with van der Waals surface area (Å²) >= 11 is 0. The lowest BCUT2D eigenvalue weighted by Gasteiger charge is -2.29. The number of nitrogens with one attached hydrogen (secondary N) is 1. The van der Waals surface area contributed by atoms with Gasteiger partial charge in [0.25, 0.3) is 15.7 Å². The molecule has 2 aromatic rings. The first-order chi connectivity index (χ1) is 12.8. The molecule has 1 N–H and O–H groups in total. The molecule has 8 nitrogen and oxygen atoms in total. The van der Waals surface area contributed by atoms with Crippen LogP contribution in [0, 0.1) is 10.1 Å². The van der Waals surface area contributed by atoms with Crippen LogP contribution in [0.1, 0.15) is 24.5 Å². The molecular weight excluding hydrogens is 370 g/mol. The van der Waals surface area contributed by atoms with Crippen molar-refractivity contribution < 1.29 is 18.1 Å². The van der Waals surface area contributed by atoms with Gasteiger partial charge in [-0.1, -0.05) is 25.1 Å². The number of benzene rings is 2. The van der Waals surface area contributed by atoms with E-state index in [1.54, 1.807) is 24.0 Å². The van der Waals surface area contributed by atoms with E-state index in [0.717, 1.165) is 17.2 Å². The van der Waals surface area contributed by atoms with Crippen molar-refractivity contribution in [2.45, 2.75) is 31.2 Å². The third kappa shape index (κ3) is 3.92. The summed E-state index contributed by atoms with van der Waals surface area (Å²) in [5, 5.41) is 11.1. The molecule has 1 heterocycles. The molecule has 0 aromatic heterocycles. The Morgan fingerprint density at radius 3 is 2.67 bits per heavy atom. The average molecular weight is 389 g/mol. The number of nitrogens with zero attached hydrogens (tertiary/aromatic N) is 2. The number of anilines is 1. The maximum atomic E-state index is 12.6. The molecule has 0 bridgehead atoms. The van der Waals surface area contributed by atoms with Gasteiger partial charge in [-0.2, -0.15) is 0 Å². The molecule has 0 saturated heterocycles. The summed E-state index contributed by atoms with van der Waals surface area (Å²) in [6, 6.07) is 10.3. The highest BCUT2D eigenvalue weighted by atomic mass is 32.2. The van der Waals surface area contributed by atoms with Crippen LogP contribution in [0.25, 0.3) is 0 Å². The molecule has 2 aromatic carbocycles. The summed E-state index contributed by atoms with van der Waals surface area (Å²) in [6.45, 7) is 2.86. The molecule has 1 aliphatic rings. The second kappa shape index (κ2) is 7.36. The number of amides is 1. The predicted octanol–water partition coefficient (Wildman–Crippen LogP) is 2.69. The lowest BCUT2D eigenvalue weighted by atomic mass is 9.99. The minimum absolute atomic E-state index is 0.0477. The number of sulfonamides is 1. The lowest BCUT2D eigenvalue weighted by molar-refractivity contribution is -0.387. The highest BCUT2D eigenvalue weighted by Gasteiger charge is 2.26. The predicted molar refractivity (Wildman–Crippen MR) is 99.8 cm³/mol. The number of hydrogen-bond acceptors (Lipinski definition) is 5. The Hall–Kier alpha value is -2.94. The molecular formula is C18H19N3O5S. The first kappa shape index (κ1) is 18.8. The van der Waals surface area contributed by atoms with Gasteiger partial charge in [0.2, 0.25) is 5.91 Å². The fourth-order valence-corrected chi connectivity index (χ4v) is 4.33. The van der Waals surface area contributed by atoms with E-state index in [4.69, 9.17) is 0 Å². The van der Waals surface area contributed by atoms with Gasteiger partial charge >= 0.3 is 0 Å². The Balaban J connectivity index is 1.89.